The summed E-state index contributed by atoms with van der Waals surface area (Å²) in [5, 5.41) is 0. The molecule has 0 saturated heterocycles. The topological polar surface area (TPSA) is 51.8 Å². The molecule has 0 spiro atoms. The van der Waals surface area contributed by atoms with Crippen LogP contribution in [0.25, 0.3) is 0 Å². The largest absolute Gasteiger partial charge is 0.319 e. The quantitative estimate of drug-likeness (QED) is 0.873. The van der Waals surface area contributed by atoms with Gasteiger partial charge >= 0.3 is 0 Å². The van der Waals surface area contributed by atoms with Crippen molar-refractivity contribution in [3.63, 3.8) is 0 Å². The molecular weight excluding hydrogens is 210 g/mol. The molecule has 2 rings (SSSR count). The molecule has 0 saturated carbocycles. The SMILES string of the molecule is CCCc1ccc(C(N)c2cnccn2)cc1. The van der Waals surface area contributed by atoms with E-state index >= 15 is 0 Å². The number of rotatable bonds is 4. The summed E-state index contributed by atoms with van der Waals surface area (Å²) in [4.78, 5) is 8.26. The van der Waals surface area contributed by atoms with Gasteiger partial charge in [-0.1, -0.05) is 37.6 Å². The summed E-state index contributed by atoms with van der Waals surface area (Å²) in [7, 11) is 0. The number of hydrogen-bond acceptors (Lipinski definition) is 3. The molecule has 0 bridgehead atoms. The molecule has 2 aromatic rings. The maximum absolute atomic E-state index is 6.14. The van der Waals surface area contributed by atoms with Gasteiger partial charge in [0.25, 0.3) is 0 Å². The predicted molar refractivity (Wildman–Crippen MR) is 68.5 cm³/mol. The fourth-order valence-corrected chi connectivity index (χ4v) is 1.82. The van der Waals surface area contributed by atoms with Gasteiger partial charge in [0.15, 0.2) is 0 Å². The summed E-state index contributed by atoms with van der Waals surface area (Å²) in [5.74, 6) is 0. The van der Waals surface area contributed by atoms with Crippen LogP contribution in [0.3, 0.4) is 0 Å². The Morgan fingerprint density at radius 1 is 1.18 bits per heavy atom. The highest BCUT2D eigenvalue weighted by Crippen LogP contribution is 2.17. The molecule has 1 heterocycles. The molecule has 0 radical (unpaired) electrons. The van der Waals surface area contributed by atoms with Crippen molar-refractivity contribution in [1.29, 1.82) is 0 Å². The molecule has 1 unspecified atom stereocenters. The van der Waals surface area contributed by atoms with E-state index in [-0.39, 0.29) is 6.04 Å². The number of nitrogens with two attached hydrogens (primary N) is 1. The Bertz CT molecular complexity index is 451. The van der Waals surface area contributed by atoms with Crippen LogP contribution in [0.5, 0.6) is 0 Å². The van der Waals surface area contributed by atoms with Crippen LogP contribution in [0.15, 0.2) is 42.9 Å². The Morgan fingerprint density at radius 2 is 1.94 bits per heavy atom. The average Bonchev–Trinajstić information content (AvgIpc) is 2.40. The summed E-state index contributed by atoms with van der Waals surface area (Å²) in [6.07, 6.45) is 7.31. The number of aryl methyl sites for hydroxylation is 1. The van der Waals surface area contributed by atoms with Crippen molar-refractivity contribution < 1.29 is 0 Å². The van der Waals surface area contributed by atoms with Crippen LogP contribution in [0, 0.1) is 0 Å². The standard InChI is InChI=1S/C14H17N3/c1-2-3-11-4-6-12(7-5-11)14(15)13-10-16-8-9-17-13/h4-10,14H,2-3,15H2,1H3. The van der Waals surface area contributed by atoms with E-state index in [9.17, 15) is 0 Å². The first kappa shape index (κ1) is 11.7. The first-order valence-electron chi connectivity index (χ1n) is 5.91. The molecular formula is C14H17N3. The lowest BCUT2D eigenvalue weighted by Crippen LogP contribution is -2.13. The van der Waals surface area contributed by atoms with Gasteiger partial charge in [0.05, 0.1) is 17.9 Å². The average molecular weight is 227 g/mol. The summed E-state index contributed by atoms with van der Waals surface area (Å²) >= 11 is 0. The van der Waals surface area contributed by atoms with E-state index in [4.69, 9.17) is 5.73 Å². The van der Waals surface area contributed by atoms with Crippen molar-refractivity contribution in [2.45, 2.75) is 25.8 Å². The maximum atomic E-state index is 6.14. The zero-order valence-corrected chi connectivity index (χ0v) is 10.0. The minimum Gasteiger partial charge on any atom is -0.319 e. The van der Waals surface area contributed by atoms with E-state index in [0.29, 0.717) is 0 Å². The Kier molecular flexibility index (Phi) is 3.83. The van der Waals surface area contributed by atoms with E-state index in [2.05, 4.69) is 41.2 Å². The van der Waals surface area contributed by atoms with E-state index < -0.39 is 0 Å². The lowest BCUT2D eigenvalue weighted by Gasteiger charge is -2.11. The fourth-order valence-electron chi connectivity index (χ4n) is 1.82. The van der Waals surface area contributed by atoms with Crippen molar-refractivity contribution in [3.8, 4) is 0 Å². The van der Waals surface area contributed by atoms with Gasteiger partial charge in [0, 0.05) is 12.4 Å². The molecule has 88 valence electrons. The smallest absolute Gasteiger partial charge is 0.0799 e. The summed E-state index contributed by atoms with van der Waals surface area (Å²) in [6, 6.07) is 8.22. The molecule has 3 nitrogen and oxygen atoms in total. The lowest BCUT2D eigenvalue weighted by molar-refractivity contribution is 0.815. The molecule has 17 heavy (non-hydrogen) atoms. The van der Waals surface area contributed by atoms with Gasteiger partial charge in [0.2, 0.25) is 0 Å². The van der Waals surface area contributed by atoms with Crippen LogP contribution in [0.4, 0.5) is 0 Å². The highest BCUT2D eigenvalue weighted by Gasteiger charge is 2.09. The number of nitrogens with zero attached hydrogens (tertiary/aromatic N) is 2. The molecule has 0 aliphatic heterocycles. The summed E-state index contributed by atoms with van der Waals surface area (Å²) < 4.78 is 0. The molecule has 3 heteroatoms. The van der Waals surface area contributed by atoms with Crippen molar-refractivity contribution in [2.24, 2.45) is 5.73 Å². The second kappa shape index (κ2) is 5.55. The third-order valence-corrected chi connectivity index (χ3v) is 2.78. The molecule has 2 N–H and O–H groups in total. The van der Waals surface area contributed by atoms with Crippen LogP contribution < -0.4 is 5.73 Å². The van der Waals surface area contributed by atoms with Crippen molar-refractivity contribution in [3.05, 3.63) is 59.7 Å². The van der Waals surface area contributed by atoms with Gasteiger partial charge < -0.3 is 5.73 Å². The molecule has 1 aromatic heterocycles. The zero-order chi connectivity index (χ0) is 12.1. The normalized spacial score (nSPS) is 12.4. The first-order chi connectivity index (χ1) is 8.31. The molecule has 0 aliphatic rings. The minimum atomic E-state index is -0.195. The van der Waals surface area contributed by atoms with Gasteiger partial charge in [0.1, 0.15) is 0 Å². The van der Waals surface area contributed by atoms with Gasteiger partial charge in [-0.25, -0.2) is 0 Å². The highest BCUT2D eigenvalue weighted by molar-refractivity contribution is 5.29. The van der Waals surface area contributed by atoms with E-state index in [1.165, 1.54) is 5.56 Å². The zero-order valence-electron chi connectivity index (χ0n) is 10.0. The molecule has 1 aromatic carbocycles. The lowest BCUT2D eigenvalue weighted by atomic mass is 10.0. The molecule has 0 amide bonds. The van der Waals surface area contributed by atoms with Gasteiger partial charge in [-0.2, -0.15) is 0 Å². The minimum absolute atomic E-state index is 0.195. The predicted octanol–water partition coefficient (Wildman–Crippen LogP) is 2.48. The summed E-state index contributed by atoms with van der Waals surface area (Å²) in [6.45, 7) is 2.18. The van der Waals surface area contributed by atoms with E-state index in [1.54, 1.807) is 18.6 Å². The van der Waals surface area contributed by atoms with Crippen LogP contribution in [-0.4, -0.2) is 9.97 Å². The van der Waals surface area contributed by atoms with Gasteiger partial charge in [-0.3, -0.25) is 9.97 Å². The second-order valence-electron chi connectivity index (χ2n) is 4.10. The monoisotopic (exact) mass is 227 g/mol. The van der Waals surface area contributed by atoms with Crippen molar-refractivity contribution in [2.75, 3.05) is 0 Å². The Morgan fingerprint density at radius 3 is 2.53 bits per heavy atom. The van der Waals surface area contributed by atoms with Gasteiger partial charge in [-0.05, 0) is 17.5 Å². The third kappa shape index (κ3) is 2.88. The summed E-state index contributed by atoms with van der Waals surface area (Å²) in [5.41, 5.74) is 9.36. The van der Waals surface area contributed by atoms with E-state index in [1.807, 2.05) is 0 Å². The Hall–Kier alpha value is -1.74. The Labute approximate surface area is 102 Å². The van der Waals surface area contributed by atoms with E-state index in [0.717, 1.165) is 24.1 Å². The molecule has 1 atom stereocenters. The third-order valence-electron chi connectivity index (χ3n) is 2.78. The number of benzene rings is 1. The fraction of sp³-hybridized carbons (Fsp3) is 0.286. The van der Waals surface area contributed by atoms with Crippen LogP contribution in [0.1, 0.15) is 36.2 Å². The van der Waals surface area contributed by atoms with Crippen LogP contribution >= 0.6 is 0 Å². The number of aromatic nitrogens is 2. The second-order valence-corrected chi connectivity index (χ2v) is 4.10. The highest BCUT2D eigenvalue weighted by atomic mass is 14.8. The Balaban J connectivity index is 2.17. The van der Waals surface area contributed by atoms with Crippen molar-refractivity contribution >= 4 is 0 Å². The van der Waals surface area contributed by atoms with Gasteiger partial charge in [-0.15, -0.1) is 0 Å². The molecule has 0 aliphatic carbocycles. The van der Waals surface area contributed by atoms with Crippen LogP contribution in [0.2, 0.25) is 0 Å². The van der Waals surface area contributed by atoms with Crippen molar-refractivity contribution in [1.82, 2.24) is 9.97 Å². The first-order valence-corrected chi connectivity index (χ1v) is 5.91. The number of hydrogen-bond donors (Lipinski definition) is 1. The van der Waals surface area contributed by atoms with Crippen LogP contribution in [-0.2, 0) is 6.42 Å². The molecule has 0 fully saturated rings. The maximum Gasteiger partial charge on any atom is 0.0799 e.